The summed E-state index contributed by atoms with van der Waals surface area (Å²) in [6.07, 6.45) is 3.20. The summed E-state index contributed by atoms with van der Waals surface area (Å²) in [7, 11) is 0. The second-order valence-corrected chi connectivity index (χ2v) is 7.04. The van der Waals surface area contributed by atoms with Crippen LogP contribution in [0.5, 0.6) is 0 Å². The average Bonchev–Trinajstić information content (AvgIpc) is 2.83. The predicted molar refractivity (Wildman–Crippen MR) is 103 cm³/mol. The molecule has 0 aliphatic heterocycles. The zero-order valence-electron chi connectivity index (χ0n) is 15.7. The molecule has 2 rings (SSSR count). The van der Waals surface area contributed by atoms with Crippen LogP contribution in [0.3, 0.4) is 0 Å². The Labute approximate surface area is 159 Å². The molecule has 0 saturated carbocycles. The molecule has 1 heterocycles. The first kappa shape index (κ1) is 20.2. The van der Waals surface area contributed by atoms with Gasteiger partial charge in [-0.05, 0) is 43.5 Å². The lowest BCUT2D eigenvalue weighted by atomic mass is 10.2. The number of nitrogens with zero attached hydrogens (tertiary/aromatic N) is 3. The van der Waals surface area contributed by atoms with Crippen LogP contribution in [-0.4, -0.2) is 27.1 Å². The Hall–Kier alpha value is -2.14. The molecule has 1 amide bonds. The van der Waals surface area contributed by atoms with Crippen LogP contribution in [0, 0.1) is 18.7 Å². The predicted octanol–water partition coefficient (Wildman–Crippen LogP) is 4.70. The van der Waals surface area contributed by atoms with Crippen LogP contribution in [0.4, 0.5) is 4.39 Å². The molecule has 0 bridgehead atoms. The zero-order chi connectivity index (χ0) is 19.3. The lowest BCUT2D eigenvalue weighted by Crippen LogP contribution is -2.28. The van der Waals surface area contributed by atoms with E-state index in [4.69, 9.17) is 11.6 Å². The molecular formula is C20H25ClFN3O. The molecule has 0 unspecified atom stereocenters. The van der Waals surface area contributed by atoms with E-state index >= 15 is 0 Å². The van der Waals surface area contributed by atoms with E-state index in [9.17, 15) is 9.18 Å². The average molecular weight is 378 g/mol. The van der Waals surface area contributed by atoms with Gasteiger partial charge in [0.15, 0.2) is 0 Å². The van der Waals surface area contributed by atoms with E-state index < -0.39 is 0 Å². The maximum absolute atomic E-state index is 13.3. The molecule has 26 heavy (non-hydrogen) atoms. The van der Waals surface area contributed by atoms with Crippen molar-refractivity contribution >= 4 is 23.6 Å². The number of halogens is 2. The molecule has 0 spiro atoms. The third kappa shape index (κ3) is 5.18. The minimum Gasteiger partial charge on any atom is -0.335 e. The number of hydrogen-bond acceptors (Lipinski definition) is 2. The third-order valence-corrected chi connectivity index (χ3v) is 4.39. The van der Waals surface area contributed by atoms with E-state index in [2.05, 4.69) is 18.9 Å². The Morgan fingerprint density at radius 1 is 1.42 bits per heavy atom. The van der Waals surface area contributed by atoms with E-state index in [1.807, 2.05) is 13.8 Å². The minimum atomic E-state index is -0.304. The Kier molecular flexibility index (Phi) is 6.98. The summed E-state index contributed by atoms with van der Waals surface area (Å²) in [6, 6.07) is 6.28. The van der Waals surface area contributed by atoms with Gasteiger partial charge in [-0.15, -0.1) is 0 Å². The number of benzene rings is 1. The largest absolute Gasteiger partial charge is 0.335 e. The van der Waals surface area contributed by atoms with Gasteiger partial charge >= 0.3 is 0 Å². The zero-order valence-corrected chi connectivity index (χ0v) is 16.4. The van der Waals surface area contributed by atoms with Crippen LogP contribution in [0.1, 0.15) is 37.6 Å². The fourth-order valence-electron chi connectivity index (χ4n) is 2.68. The highest BCUT2D eigenvalue weighted by Gasteiger charge is 2.14. The summed E-state index contributed by atoms with van der Waals surface area (Å²) < 4.78 is 15.1. The summed E-state index contributed by atoms with van der Waals surface area (Å²) >= 11 is 6.40. The van der Waals surface area contributed by atoms with Crippen LogP contribution in [-0.2, 0) is 17.9 Å². The summed E-state index contributed by atoms with van der Waals surface area (Å²) in [5.74, 6) is -0.0301. The van der Waals surface area contributed by atoms with Crippen molar-refractivity contribution in [3.63, 3.8) is 0 Å². The van der Waals surface area contributed by atoms with Gasteiger partial charge in [0.05, 0.1) is 5.69 Å². The molecule has 0 atom stereocenters. The van der Waals surface area contributed by atoms with E-state index in [0.717, 1.165) is 23.4 Å². The molecule has 1 aromatic heterocycles. The molecule has 4 nitrogen and oxygen atoms in total. The van der Waals surface area contributed by atoms with E-state index in [1.165, 1.54) is 18.2 Å². The maximum atomic E-state index is 13.3. The first-order chi connectivity index (χ1) is 12.3. The van der Waals surface area contributed by atoms with Gasteiger partial charge in [-0.1, -0.05) is 37.6 Å². The number of hydrogen-bond donors (Lipinski definition) is 0. The van der Waals surface area contributed by atoms with Crippen molar-refractivity contribution < 1.29 is 9.18 Å². The molecule has 0 fully saturated rings. The van der Waals surface area contributed by atoms with Crippen LogP contribution in [0.15, 0.2) is 30.3 Å². The number of aromatic nitrogens is 2. The highest BCUT2D eigenvalue weighted by atomic mass is 35.5. The topological polar surface area (TPSA) is 38.1 Å². The first-order valence-electron chi connectivity index (χ1n) is 8.76. The van der Waals surface area contributed by atoms with E-state index in [0.29, 0.717) is 24.2 Å². The number of amides is 1. The van der Waals surface area contributed by atoms with Crippen molar-refractivity contribution in [3.8, 4) is 0 Å². The molecule has 0 N–H and O–H groups in total. The standard InChI is InChI=1S/C20H25ClFN3O/c1-5-24(13-16-7-6-8-17(22)11-16)19(26)10-9-18-15(4)23-25(20(18)21)12-14(2)3/h6-11,14H,5,12-13H2,1-4H3/b10-9+. The molecule has 0 aliphatic carbocycles. The molecule has 2 aromatic rings. The van der Waals surface area contributed by atoms with Gasteiger partial charge < -0.3 is 4.90 Å². The first-order valence-corrected chi connectivity index (χ1v) is 9.14. The quantitative estimate of drug-likeness (QED) is 0.656. The lowest BCUT2D eigenvalue weighted by molar-refractivity contribution is -0.126. The number of carbonyl (C=O) groups is 1. The summed E-state index contributed by atoms with van der Waals surface area (Å²) in [5, 5.41) is 4.97. The molecule has 0 aliphatic rings. The van der Waals surface area contributed by atoms with Crippen molar-refractivity contribution in [2.24, 2.45) is 5.92 Å². The Balaban J connectivity index is 2.13. The summed E-state index contributed by atoms with van der Waals surface area (Å²) in [6.45, 7) is 9.56. The molecule has 0 radical (unpaired) electrons. The van der Waals surface area contributed by atoms with Crippen molar-refractivity contribution in [3.05, 3.63) is 58.1 Å². The molecule has 140 valence electrons. The van der Waals surface area contributed by atoms with Gasteiger partial charge in [0, 0.05) is 31.3 Å². The third-order valence-electron chi connectivity index (χ3n) is 4.00. The van der Waals surface area contributed by atoms with Crippen LogP contribution >= 0.6 is 11.6 Å². The summed E-state index contributed by atoms with van der Waals surface area (Å²) in [5.41, 5.74) is 2.29. The highest BCUT2D eigenvalue weighted by Crippen LogP contribution is 2.22. The van der Waals surface area contributed by atoms with Crippen molar-refractivity contribution in [1.82, 2.24) is 14.7 Å². The number of rotatable bonds is 7. The molecule has 6 heteroatoms. The smallest absolute Gasteiger partial charge is 0.246 e. The van der Waals surface area contributed by atoms with E-state index in [1.54, 1.807) is 27.8 Å². The van der Waals surface area contributed by atoms with Crippen LogP contribution < -0.4 is 0 Å². The Morgan fingerprint density at radius 3 is 2.77 bits per heavy atom. The second kappa shape index (κ2) is 8.99. The number of carbonyl (C=O) groups excluding carboxylic acids is 1. The lowest BCUT2D eigenvalue weighted by Gasteiger charge is -2.19. The number of aryl methyl sites for hydroxylation is 1. The van der Waals surface area contributed by atoms with Gasteiger partial charge in [0.25, 0.3) is 0 Å². The maximum Gasteiger partial charge on any atom is 0.246 e. The van der Waals surface area contributed by atoms with Crippen molar-refractivity contribution in [2.45, 2.75) is 40.8 Å². The Bertz CT molecular complexity index is 798. The summed E-state index contributed by atoms with van der Waals surface area (Å²) in [4.78, 5) is 14.2. The second-order valence-electron chi connectivity index (χ2n) is 6.68. The monoisotopic (exact) mass is 377 g/mol. The SMILES string of the molecule is CCN(Cc1cccc(F)c1)C(=O)/C=C/c1c(C)nn(CC(C)C)c1Cl. The fraction of sp³-hybridized carbons (Fsp3) is 0.400. The highest BCUT2D eigenvalue weighted by molar-refractivity contribution is 6.31. The van der Waals surface area contributed by atoms with Crippen molar-refractivity contribution in [2.75, 3.05) is 6.54 Å². The van der Waals surface area contributed by atoms with Crippen LogP contribution in [0.2, 0.25) is 5.15 Å². The fourth-order valence-corrected chi connectivity index (χ4v) is 2.99. The Morgan fingerprint density at radius 2 is 2.15 bits per heavy atom. The van der Waals surface area contributed by atoms with Crippen molar-refractivity contribution in [1.29, 1.82) is 0 Å². The van der Waals surface area contributed by atoms with Gasteiger partial charge in [-0.25, -0.2) is 4.39 Å². The van der Waals surface area contributed by atoms with Gasteiger partial charge in [0.2, 0.25) is 5.91 Å². The molecule has 0 saturated heterocycles. The van der Waals surface area contributed by atoms with Gasteiger partial charge in [-0.3, -0.25) is 9.48 Å². The van der Waals surface area contributed by atoms with Gasteiger partial charge in [-0.2, -0.15) is 5.10 Å². The van der Waals surface area contributed by atoms with E-state index in [-0.39, 0.29) is 11.7 Å². The van der Waals surface area contributed by atoms with Crippen LogP contribution in [0.25, 0.3) is 6.08 Å². The molecular weight excluding hydrogens is 353 g/mol. The minimum absolute atomic E-state index is 0.149. The van der Waals surface area contributed by atoms with Gasteiger partial charge in [0.1, 0.15) is 11.0 Å². The molecule has 1 aromatic carbocycles. The normalized spacial score (nSPS) is 11.5. The number of likely N-dealkylation sites (N-methyl/N-ethyl adjacent to an activating group) is 1.